The highest BCUT2D eigenvalue weighted by atomic mass is 35.5. The maximum atomic E-state index is 13.3. The highest BCUT2D eigenvalue weighted by Crippen LogP contribution is 2.40. The Bertz CT molecular complexity index is 1220. The second kappa shape index (κ2) is 13.8. The molecule has 5 rings (SSSR count). The van der Waals surface area contributed by atoms with Gasteiger partial charge in [-0.1, -0.05) is 73.3 Å². The average Bonchev–Trinajstić information content (AvgIpc) is 3.31. The molecule has 5 heteroatoms. The van der Waals surface area contributed by atoms with E-state index in [0.29, 0.717) is 0 Å². The smallest absolute Gasteiger partial charge is 0.253 e. The molecule has 0 aliphatic carbocycles. The van der Waals surface area contributed by atoms with Crippen molar-refractivity contribution in [2.45, 2.75) is 39.2 Å². The summed E-state index contributed by atoms with van der Waals surface area (Å²) in [6.07, 6.45) is 14.4. The molecule has 2 aromatic rings. The quantitative estimate of drug-likeness (QED) is 0.359. The molecule has 3 aliphatic heterocycles. The fraction of sp³-hybridized carbons (Fsp3) is 0.382. The van der Waals surface area contributed by atoms with Crippen LogP contribution in [0.3, 0.4) is 0 Å². The largest absolute Gasteiger partial charge is 0.339 e. The minimum absolute atomic E-state index is 0.147. The zero-order chi connectivity index (χ0) is 27.8. The van der Waals surface area contributed by atoms with Crippen molar-refractivity contribution in [3.05, 3.63) is 108 Å². The van der Waals surface area contributed by atoms with Gasteiger partial charge in [-0.15, -0.1) is 0 Å². The highest BCUT2D eigenvalue weighted by Gasteiger charge is 2.31. The van der Waals surface area contributed by atoms with Crippen LogP contribution in [0.25, 0.3) is 5.70 Å². The number of likely N-dealkylation sites (tertiary alicyclic amines) is 2. The molecule has 0 aromatic heterocycles. The van der Waals surface area contributed by atoms with Gasteiger partial charge in [-0.05, 0) is 94.4 Å². The molecule has 3 heterocycles. The van der Waals surface area contributed by atoms with E-state index in [0.717, 1.165) is 71.8 Å². The first kappa shape index (κ1) is 28.9. The van der Waals surface area contributed by atoms with Crippen molar-refractivity contribution in [2.24, 2.45) is 11.8 Å². The lowest BCUT2D eigenvalue weighted by molar-refractivity contribution is 0.0615. The number of rotatable bonds is 5. The van der Waals surface area contributed by atoms with E-state index in [9.17, 15) is 4.79 Å². The van der Waals surface area contributed by atoms with E-state index < -0.39 is 0 Å². The summed E-state index contributed by atoms with van der Waals surface area (Å²) in [5.74, 6) is 1.76. The lowest BCUT2D eigenvalue weighted by Gasteiger charge is -2.39. The number of anilines is 1. The van der Waals surface area contributed by atoms with Gasteiger partial charge in [0, 0.05) is 42.1 Å². The molecular weight excluding hydrogens is 502 g/mol. The first-order valence-electron chi connectivity index (χ1n) is 14.2. The van der Waals surface area contributed by atoms with Crippen molar-refractivity contribution in [1.29, 1.82) is 0 Å². The summed E-state index contributed by atoms with van der Waals surface area (Å²) in [7, 11) is 2.22. The van der Waals surface area contributed by atoms with Gasteiger partial charge in [0.15, 0.2) is 0 Å². The molecule has 2 aromatic carbocycles. The molecule has 0 atom stereocenters. The lowest BCUT2D eigenvalue weighted by Crippen LogP contribution is -2.42. The van der Waals surface area contributed by atoms with E-state index in [1.807, 2.05) is 67.6 Å². The van der Waals surface area contributed by atoms with Crippen LogP contribution in [0.5, 0.6) is 0 Å². The van der Waals surface area contributed by atoms with Crippen LogP contribution in [-0.2, 0) is 6.54 Å². The highest BCUT2D eigenvalue weighted by molar-refractivity contribution is 6.32. The van der Waals surface area contributed by atoms with Crippen molar-refractivity contribution in [2.75, 3.05) is 38.1 Å². The number of allylic oxidation sites excluding steroid dienone is 5. The molecule has 0 bridgehead atoms. The van der Waals surface area contributed by atoms with Gasteiger partial charge in [0.1, 0.15) is 0 Å². The van der Waals surface area contributed by atoms with E-state index in [-0.39, 0.29) is 5.91 Å². The van der Waals surface area contributed by atoms with Gasteiger partial charge in [0.05, 0.1) is 5.02 Å². The van der Waals surface area contributed by atoms with E-state index in [2.05, 4.69) is 41.0 Å². The molecule has 2 fully saturated rings. The number of carbonyl (C=O) groups excluding carboxylic acids is 1. The number of fused-ring (bicyclic) bond motifs is 1. The van der Waals surface area contributed by atoms with Gasteiger partial charge in [-0.2, -0.15) is 0 Å². The second-order valence-corrected chi connectivity index (χ2v) is 11.2. The van der Waals surface area contributed by atoms with E-state index in [4.69, 9.17) is 11.6 Å². The molecule has 39 heavy (non-hydrogen) atoms. The molecule has 0 unspecified atom stereocenters. The third kappa shape index (κ3) is 7.12. The van der Waals surface area contributed by atoms with Gasteiger partial charge in [-0.3, -0.25) is 4.79 Å². The fourth-order valence-electron chi connectivity index (χ4n) is 5.99. The Morgan fingerprint density at radius 1 is 0.949 bits per heavy atom. The molecule has 0 radical (unpaired) electrons. The molecule has 0 spiro atoms. The van der Waals surface area contributed by atoms with Crippen LogP contribution < -0.4 is 4.90 Å². The van der Waals surface area contributed by atoms with Gasteiger partial charge >= 0.3 is 0 Å². The van der Waals surface area contributed by atoms with Crippen molar-refractivity contribution in [3.8, 4) is 0 Å². The number of nitrogens with zero attached hydrogens (tertiary/aromatic N) is 3. The Labute approximate surface area is 239 Å². The number of amides is 1. The van der Waals surface area contributed by atoms with Crippen LogP contribution in [0, 0.1) is 11.8 Å². The summed E-state index contributed by atoms with van der Waals surface area (Å²) in [6, 6.07) is 14.0. The van der Waals surface area contributed by atoms with Crippen molar-refractivity contribution in [1.82, 2.24) is 9.80 Å². The normalized spacial score (nSPS) is 18.9. The fourth-order valence-corrected chi connectivity index (χ4v) is 6.29. The van der Waals surface area contributed by atoms with Crippen LogP contribution in [0.15, 0.2) is 86.0 Å². The Hall–Kier alpha value is -3.08. The average molecular weight is 544 g/mol. The summed E-state index contributed by atoms with van der Waals surface area (Å²) in [5.41, 5.74) is 4.84. The second-order valence-electron chi connectivity index (χ2n) is 10.8. The first-order chi connectivity index (χ1) is 18.9. The minimum Gasteiger partial charge on any atom is -0.339 e. The molecule has 0 N–H and O–H groups in total. The number of hydrogen-bond acceptors (Lipinski definition) is 3. The Morgan fingerprint density at radius 3 is 2.26 bits per heavy atom. The standard InChI is InChI=1S/C27H32ClN3O.C7H10/c1-19-26-23(6-4-8-25(26)28)18-31(19)24-7-3-5-22(17-24)27(32)30-15-11-21(12-16-30)20-9-13-29(2)14-10-20;1-3-5-7-6-4-2/h3-8,17,20-21H,1,9-16,18H2,2H3;3-7H,1H2,2H3/b;6-4-,7-5-. The van der Waals surface area contributed by atoms with Crippen LogP contribution in [0.4, 0.5) is 5.69 Å². The van der Waals surface area contributed by atoms with E-state index in [1.54, 1.807) is 6.08 Å². The van der Waals surface area contributed by atoms with Crippen molar-refractivity contribution >= 4 is 28.9 Å². The SMILES string of the molecule is C=C/C=C\C=C/C.C=C1c2c(Cl)cccc2CN1c1cccc(C(=O)N2CCC(C3CCN(C)CC3)CC2)c1. The Kier molecular flexibility index (Phi) is 10.2. The molecule has 1 amide bonds. The van der Waals surface area contributed by atoms with Gasteiger partial charge in [0.2, 0.25) is 0 Å². The van der Waals surface area contributed by atoms with Crippen LogP contribution >= 0.6 is 11.6 Å². The minimum atomic E-state index is 0.147. The van der Waals surface area contributed by atoms with Gasteiger partial charge < -0.3 is 14.7 Å². The third-order valence-electron chi connectivity index (χ3n) is 8.26. The number of carbonyl (C=O) groups is 1. The predicted octanol–water partition coefficient (Wildman–Crippen LogP) is 7.83. The monoisotopic (exact) mass is 543 g/mol. The summed E-state index contributed by atoms with van der Waals surface area (Å²) >= 11 is 6.42. The van der Waals surface area contributed by atoms with Gasteiger partial charge in [0.25, 0.3) is 5.91 Å². The van der Waals surface area contributed by atoms with E-state index >= 15 is 0 Å². The van der Waals surface area contributed by atoms with Gasteiger partial charge in [-0.25, -0.2) is 0 Å². The molecule has 206 valence electrons. The van der Waals surface area contributed by atoms with Crippen molar-refractivity contribution in [3.63, 3.8) is 0 Å². The zero-order valence-corrected chi connectivity index (χ0v) is 24.2. The molecule has 0 saturated carbocycles. The summed E-state index contributed by atoms with van der Waals surface area (Å²) < 4.78 is 0. The van der Waals surface area contributed by atoms with Crippen molar-refractivity contribution < 1.29 is 4.79 Å². The Morgan fingerprint density at radius 2 is 1.62 bits per heavy atom. The number of benzene rings is 2. The molecular formula is C34H42ClN3O. The lowest BCUT2D eigenvalue weighted by atomic mass is 9.79. The van der Waals surface area contributed by atoms with Crippen LogP contribution in [-0.4, -0.2) is 48.9 Å². The number of hydrogen-bond donors (Lipinski definition) is 0. The summed E-state index contributed by atoms with van der Waals surface area (Å²) in [5, 5.41) is 0.731. The number of halogens is 1. The first-order valence-corrected chi connectivity index (χ1v) is 14.5. The summed E-state index contributed by atoms with van der Waals surface area (Å²) in [4.78, 5) is 19.9. The molecule has 3 aliphatic rings. The molecule has 2 saturated heterocycles. The Balaban J connectivity index is 0.000000448. The topological polar surface area (TPSA) is 26.8 Å². The third-order valence-corrected chi connectivity index (χ3v) is 8.57. The van der Waals surface area contributed by atoms with Crippen LogP contribution in [0.2, 0.25) is 5.02 Å². The zero-order valence-electron chi connectivity index (χ0n) is 23.5. The summed E-state index contributed by atoms with van der Waals surface area (Å²) in [6.45, 7) is 14.7. The molecule has 4 nitrogen and oxygen atoms in total. The van der Waals surface area contributed by atoms with Crippen LogP contribution in [0.1, 0.15) is 54.1 Å². The predicted molar refractivity (Wildman–Crippen MR) is 166 cm³/mol. The number of piperidine rings is 2. The van der Waals surface area contributed by atoms with E-state index in [1.165, 1.54) is 31.5 Å². The maximum Gasteiger partial charge on any atom is 0.253 e. The maximum absolute atomic E-state index is 13.3.